The maximum atomic E-state index is 14.0. The molecule has 1 unspecified atom stereocenters. The summed E-state index contributed by atoms with van der Waals surface area (Å²) < 4.78 is 14.0. The van der Waals surface area contributed by atoms with Gasteiger partial charge in [0, 0.05) is 37.3 Å². The summed E-state index contributed by atoms with van der Waals surface area (Å²) in [5, 5.41) is 13.0. The second-order valence-electron chi connectivity index (χ2n) is 6.57. The number of piperidine rings is 1. The van der Waals surface area contributed by atoms with E-state index in [0.717, 1.165) is 24.2 Å². The van der Waals surface area contributed by atoms with Gasteiger partial charge in [0.1, 0.15) is 11.9 Å². The Bertz CT molecular complexity index is 856. The van der Waals surface area contributed by atoms with Crippen LogP contribution in [0.15, 0.2) is 24.3 Å². The Morgan fingerprint density at radius 1 is 1.33 bits per heavy atom. The van der Waals surface area contributed by atoms with E-state index in [4.69, 9.17) is 0 Å². The SMILES string of the molecule is Cl.O=C(NC1CCCN(c2ccccc2F)C1=O)c1n[nH]c2c1CNCC2. The highest BCUT2D eigenvalue weighted by Gasteiger charge is 2.33. The number of nitrogens with one attached hydrogen (secondary N) is 3. The van der Waals surface area contributed by atoms with Gasteiger partial charge in [0.25, 0.3) is 5.91 Å². The summed E-state index contributed by atoms with van der Waals surface area (Å²) in [7, 11) is 0. The van der Waals surface area contributed by atoms with Crippen molar-refractivity contribution in [1.82, 2.24) is 20.8 Å². The number of benzene rings is 1. The Morgan fingerprint density at radius 3 is 2.96 bits per heavy atom. The van der Waals surface area contributed by atoms with Gasteiger partial charge < -0.3 is 15.5 Å². The van der Waals surface area contributed by atoms with E-state index in [1.54, 1.807) is 18.2 Å². The molecule has 0 spiro atoms. The fourth-order valence-electron chi connectivity index (χ4n) is 3.56. The molecule has 144 valence electrons. The number of hydrogen-bond acceptors (Lipinski definition) is 4. The van der Waals surface area contributed by atoms with Crippen LogP contribution in [-0.4, -0.2) is 41.1 Å². The van der Waals surface area contributed by atoms with Crippen LogP contribution in [0.1, 0.15) is 34.6 Å². The number of H-pyrrole nitrogens is 1. The van der Waals surface area contributed by atoms with E-state index < -0.39 is 11.9 Å². The highest BCUT2D eigenvalue weighted by molar-refractivity contribution is 6.02. The molecule has 2 aliphatic heterocycles. The van der Waals surface area contributed by atoms with Crippen LogP contribution in [0.5, 0.6) is 0 Å². The number of anilines is 1. The average molecular weight is 394 g/mol. The molecule has 3 heterocycles. The van der Waals surface area contributed by atoms with Crippen molar-refractivity contribution in [1.29, 1.82) is 0 Å². The Labute approximate surface area is 162 Å². The number of aromatic amines is 1. The first-order valence-electron chi connectivity index (χ1n) is 8.79. The van der Waals surface area contributed by atoms with Gasteiger partial charge in [0.2, 0.25) is 5.91 Å². The van der Waals surface area contributed by atoms with Gasteiger partial charge in [-0.15, -0.1) is 12.4 Å². The minimum Gasteiger partial charge on any atom is -0.339 e. The molecular formula is C18H21ClFN5O2. The van der Waals surface area contributed by atoms with Crippen LogP contribution < -0.4 is 15.5 Å². The van der Waals surface area contributed by atoms with E-state index in [1.807, 2.05) is 0 Å². The number of para-hydroxylation sites is 1. The lowest BCUT2D eigenvalue weighted by atomic mass is 10.0. The first-order chi connectivity index (χ1) is 12.6. The largest absolute Gasteiger partial charge is 0.339 e. The van der Waals surface area contributed by atoms with Gasteiger partial charge in [-0.05, 0) is 25.0 Å². The Morgan fingerprint density at radius 2 is 2.15 bits per heavy atom. The number of rotatable bonds is 3. The van der Waals surface area contributed by atoms with Crippen LogP contribution >= 0.6 is 12.4 Å². The normalized spacial score (nSPS) is 19.2. The molecule has 0 aliphatic carbocycles. The molecule has 1 saturated heterocycles. The number of fused-ring (bicyclic) bond motifs is 1. The molecule has 7 nitrogen and oxygen atoms in total. The Balaban J connectivity index is 0.00000210. The number of carbonyl (C=O) groups is 2. The summed E-state index contributed by atoms with van der Waals surface area (Å²) >= 11 is 0. The van der Waals surface area contributed by atoms with Crippen LogP contribution in [0.3, 0.4) is 0 Å². The van der Waals surface area contributed by atoms with E-state index in [2.05, 4.69) is 20.8 Å². The van der Waals surface area contributed by atoms with Gasteiger partial charge in [0.05, 0.1) is 5.69 Å². The molecule has 0 radical (unpaired) electrons. The van der Waals surface area contributed by atoms with Crippen molar-refractivity contribution < 1.29 is 14.0 Å². The number of carbonyl (C=O) groups excluding carboxylic acids is 2. The Hall–Kier alpha value is -2.45. The van der Waals surface area contributed by atoms with E-state index in [9.17, 15) is 14.0 Å². The van der Waals surface area contributed by atoms with Crippen molar-refractivity contribution in [3.05, 3.63) is 47.0 Å². The summed E-state index contributed by atoms with van der Waals surface area (Å²) in [6, 6.07) is 5.50. The van der Waals surface area contributed by atoms with Gasteiger partial charge in [-0.3, -0.25) is 14.7 Å². The smallest absolute Gasteiger partial charge is 0.272 e. The number of hydrogen-bond donors (Lipinski definition) is 3. The molecule has 2 aliphatic rings. The maximum Gasteiger partial charge on any atom is 0.272 e. The van der Waals surface area contributed by atoms with Crippen molar-refractivity contribution in [2.24, 2.45) is 0 Å². The molecule has 2 aromatic rings. The molecule has 9 heteroatoms. The van der Waals surface area contributed by atoms with Gasteiger partial charge in [-0.25, -0.2) is 4.39 Å². The van der Waals surface area contributed by atoms with E-state index >= 15 is 0 Å². The second-order valence-corrected chi connectivity index (χ2v) is 6.57. The number of halogens is 2. The molecule has 3 N–H and O–H groups in total. The van der Waals surface area contributed by atoms with Crippen molar-refractivity contribution in [3.8, 4) is 0 Å². The third-order valence-corrected chi connectivity index (χ3v) is 4.91. The van der Waals surface area contributed by atoms with Crippen molar-refractivity contribution in [2.45, 2.75) is 31.8 Å². The molecule has 0 saturated carbocycles. The lowest BCUT2D eigenvalue weighted by Gasteiger charge is -2.32. The first kappa shape index (κ1) is 19.3. The van der Waals surface area contributed by atoms with Crippen LogP contribution in [0, 0.1) is 5.82 Å². The zero-order valence-electron chi connectivity index (χ0n) is 14.6. The van der Waals surface area contributed by atoms with Gasteiger partial charge in [-0.2, -0.15) is 5.10 Å². The topological polar surface area (TPSA) is 90.1 Å². The number of amides is 2. The molecular weight excluding hydrogens is 373 g/mol. The molecule has 4 rings (SSSR count). The molecule has 1 aromatic heterocycles. The lowest BCUT2D eigenvalue weighted by Crippen LogP contribution is -2.52. The fraction of sp³-hybridized carbons (Fsp3) is 0.389. The second kappa shape index (κ2) is 8.06. The zero-order valence-corrected chi connectivity index (χ0v) is 15.4. The number of nitrogens with zero attached hydrogens (tertiary/aromatic N) is 2. The van der Waals surface area contributed by atoms with E-state index in [0.29, 0.717) is 31.6 Å². The standard InChI is InChI=1S/C18H20FN5O2.ClH/c19-12-4-1-2-6-15(12)24-9-3-5-14(18(24)26)21-17(25)16-11-10-20-8-7-13(11)22-23-16;/h1-2,4,6,14,20H,3,5,7-10H2,(H,21,25)(H,22,23);1H. The quantitative estimate of drug-likeness (QED) is 0.738. The monoisotopic (exact) mass is 393 g/mol. The van der Waals surface area contributed by atoms with E-state index in [-0.39, 0.29) is 29.9 Å². The third kappa shape index (κ3) is 3.68. The number of aromatic nitrogens is 2. The fourth-order valence-corrected chi connectivity index (χ4v) is 3.56. The van der Waals surface area contributed by atoms with E-state index in [1.165, 1.54) is 11.0 Å². The average Bonchev–Trinajstić information content (AvgIpc) is 3.08. The maximum absolute atomic E-state index is 14.0. The van der Waals surface area contributed by atoms with Crippen LogP contribution in [0.25, 0.3) is 0 Å². The lowest BCUT2D eigenvalue weighted by molar-refractivity contribution is -0.121. The van der Waals surface area contributed by atoms with Crippen molar-refractivity contribution in [3.63, 3.8) is 0 Å². The van der Waals surface area contributed by atoms with Crippen molar-refractivity contribution in [2.75, 3.05) is 18.0 Å². The Kier molecular flexibility index (Phi) is 5.76. The van der Waals surface area contributed by atoms with Crippen LogP contribution in [-0.2, 0) is 17.8 Å². The van der Waals surface area contributed by atoms with Crippen molar-refractivity contribution >= 4 is 29.9 Å². The van der Waals surface area contributed by atoms with Gasteiger partial charge in [0.15, 0.2) is 5.69 Å². The highest BCUT2D eigenvalue weighted by atomic mass is 35.5. The summed E-state index contributed by atoms with van der Waals surface area (Å²) in [6.07, 6.45) is 2.00. The van der Waals surface area contributed by atoms with Gasteiger partial charge in [-0.1, -0.05) is 12.1 Å². The summed E-state index contributed by atoms with van der Waals surface area (Å²) in [5.41, 5.74) is 2.38. The highest BCUT2D eigenvalue weighted by Crippen LogP contribution is 2.24. The summed E-state index contributed by atoms with van der Waals surface area (Å²) in [6.45, 7) is 1.86. The van der Waals surface area contributed by atoms with Crippen LogP contribution in [0.4, 0.5) is 10.1 Å². The molecule has 27 heavy (non-hydrogen) atoms. The van der Waals surface area contributed by atoms with Gasteiger partial charge >= 0.3 is 0 Å². The molecule has 0 bridgehead atoms. The molecule has 1 fully saturated rings. The molecule has 2 amide bonds. The molecule has 1 aromatic carbocycles. The zero-order chi connectivity index (χ0) is 18.1. The van der Waals surface area contributed by atoms with Crippen LogP contribution in [0.2, 0.25) is 0 Å². The summed E-state index contributed by atoms with van der Waals surface area (Å²) in [4.78, 5) is 26.8. The minimum absolute atomic E-state index is 0. The minimum atomic E-state index is -0.681. The predicted octanol–water partition coefficient (Wildman–Crippen LogP) is 1.54. The third-order valence-electron chi connectivity index (χ3n) is 4.91. The predicted molar refractivity (Wildman–Crippen MR) is 100 cm³/mol. The first-order valence-corrected chi connectivity index (χ1v) is 8.79. The molecule has 1 atom stereocenters. The summed E-state index contributed by atoms with van der Waals surface area (Å²) in [5.74, 6) is -1.11.